The van der Waals surface area contributed by atoms with Gasteiger partial charge in [0.2, 0.25) is 10.0 Å². The molecule has 0 aliphatic carbocycles. The molecular weight excluding hydrogens is 367 g/mol. The zero-order valence-electron chi connectivity index (χ0n) is 13.8. The lowest BCUT2D eigenvalue weighted by molar-refractivity contribution is -0.837. The molecule has 136 valence electrons. The fraction of sp³-hybridized carbons (Fsp3) is 0.294. The number of nitrogens with one attached hydrogen (secondary N) is 1. The zero-order valence-corrected chi connectivity index (χ0v) is 15.4. The number of benzene rings is 2. The molecule has 1 fully saturated rings. The molecular formula is C17H20ClFN2O3S. The predicted octanol–water partition coefficient (Wildman–Crippen LogP) is -1.94. The van der Waals surface area contributed by atoms with Gasteiger partial charge in [-0.05, 0) is 36.4 Å². The number of halogens is 2. The largest absolute Gasteiger partial charge is 1.00 e. The molecule has 0 radical (unpaired) electrons. The highest BCUT2D eigenvalue weighted by Crippen LogP contribution is 2.19. The number of methoxy groups -OCH3 is 1. The van der Waals surface area contributed by atoms with E-state index in [0.29, 0.717) is 31.9 Å². The first-order chi connectivity index (χ1) is 11.5. The van der Waals surface area contributed by atoms with E-state index in [-0.39, 0.29) is 23.1 Å². The molecule has 1 N–H and O–H groups in total. The molecule has 0 unspecified atom stereocenters. The SMILES string of the molecule is COc1ccc(S(=O)(=O)N2CC[NH+](c3ccc(F)cc3)CC2)cc1.[Cl-]. The molecule has 0 bridgehead atoms. The first-order valence-electron chi connectivity index (χ1n) is 7.75. The van der Waals surface area contributed by atoms with E-state index in [1.807, 2.05) is 0 Å². The molecule has 1 heterocycles. The second-order valence-corrected chi connectivity index (χ2v) is 7.63. The molecule has 0 spiro atoms. The first-order valence-corrected chi connectivity index (χ1v) is 9.19. The average molecular weight is 387 g/mol. The summed E-state index contributed by atoms with van der Waals surface area (Å²) in [5, 5.41) is 0. The van der Waals surface area contributed by atoms with Crippen molar-refractivity contribution in [2.75, 3.05) is 33.3 Å². The molecule has 1 aliphatic rings. The fourth-order valence-electron chi connectivity index (χ4n) is 2.87. The van der Waals surface area contributed by atoms with E-state index in [2.05, 4.69) is 0 Å². The number of piperazine rings is 1. The van der Waals surface area contributed by atoms with Crippen molar-refractivity contribution < 1.29 is 34.9 Å². The summed E-state index contributed by atoms with van der Waals surface area (Å²) < 4.78 is 45.0. The van der Waals surface area contributed by atoms with Crippen LogP contribution in [0.15, 0.2) is 53.4 Å². The van der Waals surface area contributed by atoms with Gasteiger partial charge in [-0.1, -0.05) is 0 Å². The van der Waals surface area contributed by atoms with Crippen LogP contribution in [0.3, 0.4) is 0 Å². The van der Waals surface area contributed by atoms with Crippen molar-refractivity contribution in [3.63, 3.8) is 0 Å². The Morgan fingerprint density at radius 3 is 2.08 bits per heavy atom. The Labute approximate surface area is 153 Å². The fourth-order valence-corrected chi connectivity index (χ4v) is 4.31. The zero-order chi connectivity index (χ0) is 17.2. The van der Waals surface area contributed by atoms with Gasteiger partial charge >= 0.3 is 0 Å². The van der Waals surface area contributed by atoms with Gasteiger partial charge in [0, 0.05) is 12.1 Å². The van der Waals surface area contributed by atoms with Gasteiger partial charge in [0.15, 0.2) is 0 Å². The Morgan fingerprint density at radius 2 is 1.56 bits per heavy atom. The van der Waals surface area contributed by atoms with Crippen molar-refractivity contribution in [3.05, 3.63) is 54.3 Å². The quantitative estimate of drug-likeness (QED) is 0.665. The second-order valence-electron chi connectivity index (χ2n) is 5.69. The third kappa shape index (κ3) is 4.30. The van der Waals surface area contributed by atoms with Crippen molar-refractivity contribution in [3.8, 4) is 5.75 Å². The van der Waals surface area contributed by atoms with E-state index in [9.17, 15) is 12.8 Å². The summed E-state index contributed by atoms with van der Waals surface area (Å²) in [6.07, 6.45) is 0. The van der Waals surface area contributed by atoms with E-state index in [1.54, 1.807) is 43.5 Å². The maximum atomic E-state index is 13.0. The lowest BCUT2D eigenvalue weighted by atomic mass is 10.2. The van der Waals surface area contributed by atoms with Crippen molar-refractivity contribution >= 4 is 15.7 Å². The lowest BCUT2D eigenvalue weighted by Gasteiger charge is -2.31. The Hall–Kier alpha value is -1.67. The number of hydrogen-bond donors (Lipinski definition) is 1. The molecule has 1 aliphatic heterocycles. The third-order valence-electron chi connectivity index (χ3n) is 4.28. The number of sulfonamides is 1. The molecule has 5 nitrogen and oxygen atoms in total. The maximum absolute atomic E-state index is 13.0. The number of rotatable bonds is 4. The van der Waals surface area contributed by atoms with Gasteiger partial charge in [-0.15, -0.1) is 0 Å². The first kappa shape index (κ1) is 19.7. The van der Waals surface area contributed by atoms with Crippen molar-refractivity contribution in [2.24, 2.45) is 0 Å². The van der Waals surface area contributed by atoms with Crippen LogP contribution in [0.4, 0.5) is 10.1 Å². The van der Waals surface area contributed by atoms with E-state index < -0.39 is 10.0 Å². The highest BCUT2D eigenvalue weighted by atomic mass is 35.5. The molecule has 2 aromatic rings. The van der Waals surface area contributed by atoms with Gasteiger partial charge in [0.25, 0.3) is 0 Å². The van der Waals surface area contributed by atoms with Gasteiger partial charge in [0.1, 0.15) is 17.3 Å². The molecule has 0 amide bonds. The van der Waals surface area contributed by atoms with Crippen LogP contribution in [0, 0.1) is 5.82 Å². The van der Waals surface area contributed by atoms with Crippen LogP contribution in [0.25, 0.3) is 0 Å². The van der Waals surface area contributed by atoms with Gasteiger partial charge in [-0.2, -0.15) is 4.31 Å². The standard InChI is InChI=1S/C17H19FN2O3S.ClH/c1-23-16-6-8-17(9-7-16)24(21,22)20-12-10-19(11-13-20)15-4-2-14(18)3-5-15;/h2-9H,10-13H2,1H3;1H. The molecule has 0 atom stereocenters. The summed E-state index contributed by atoms with van der Waals surface area (Å²) in [4.78, 5) is 1.43. The van der Waals surface area contributed by atoms with Crippen LogP contribution >= 0.6 is 0 Å². The molecule has 2 aromatic carbocycles. The lowest BCUT2D eigenvalue weighted by Crippen LogP contribution is -3.10. The van der Waals surface area contributed by atoms with Gasteiger partial charge in [0.05, 0.1) is 38.2 Å². The number of quaternary nitrogens is 1. The minimum absolute atomic E-state index is 0. The van der Waals surface area contributed by atoms with Gasteiger partial charge in [-0.3, -0.25) is 0 Å². The smallest absolute Gasteiger partial charge is 0.243 e. The van der Waals surface area contributed by atoms with Crippen molar-refractivity contribution in [1.29, 1.82) is 0 Å². The monoisotopic (exact) mass is 386 g/mol. The molecule has 0 aromatic heterocycles. The number of ether oxygens (including phenoxy) is 1. The summed E-state index contributed by atoms with van der Waals surface area (Å²) >= 11 is 0. The number of nitrogens with zero attached hydrogens (tertiary/aromatic N) is 1. The minimum Gasteiger partial charge on any atom is -1.00 e. The molecule has 8 heteroatoms. The Balaban J connectivity index is 0.00000225. The summed E-state index contributed by atoms with van der Waals surface area (Å²) in [7, 11) is -1.95. The summed E-state index contributed by atoms with van der Waals surface area (Å²) in [6, 6.07) is 12.8. The number of hydrogen-bond acceptors (Lipinski definition) is 3. The van der Waals surface area contributed by atoms with Gasteiger partial charge in [-0.25, -0.2) is 12.8 Å². The Kier molecular flexibility index (Phi) is 6.40. The topological polar surface area (TPSA) is 51.1 Å². The minimum atomic E-state index is -3.49. The van der Waals surface area contributed by atoms with Gasteiger partial charge < -0.3 is 22.0 Å². The van der Waals surface area contributed by atoms with Crippen LogP contribution in [-0.4, -0.2) is 46.0 Å². The predicted molar refractivity (Wildman–Crippen MR) is 88.5 cm³/mol. The van der Waals surface area contributed by atoms with Crippen LogP contribution in [-0.2, 0) is 10.0 Å². The normalized spacial score (nSPS) is 16.2. The van der Waals surface area contributed by atoms with Crippen LogP contribution < -0.4 is 22.0 Å². The van der Waals surface area contributed by atoms with E-state index >= 15 is 0 Å². The highest BCUT2D eigenvalue weighted by molar-refractivity contribution is 7.89. The summed E-state index contributed by atoms with van der Waals surface area (Å²) in [5.74, 6) is 0.360. The molecule has 0 saturated carbocycles. The summed E-state index contributed by atoms with van der Waals surface area (Å²) in [5.41, 5.74) is 0.984. The summed E-state index contributed by atoms with van der Waals surface area (Å²) in [6.45, 7) is 2.17. The van der Waals surface area contributed by atoms with E-state index in [1.165, 1.54) is 16.4 Å². The van der Waals surface area contributed by atoms with Crippen molar-refractivity contribution in [1.82, 2.24) is 4.31 Å². The van der Waals surface area contributed by atoms with Crippen LogP contribution in [0.1, 0.15) is 0 Å². The van der Waals surface area contributed by atoms with Crippen molar-refractivity contribution in [2.45, 2.75) is 4.90 Å². The Bertz CT molecular complexity index is 790. The average Bonchev–Trinajstić information content (AvgIpc) is 2.62. The van der Waals surface area contributed by atoms with Crippen LogP contribution in [0.5, 0.6) is 5.75 Å². The second kappa shape index (κ2) is 8.14. The highest BCUT2D eigenvalue weighted by Gasteiger charge is 2.31. The third-order valence-corrected chi connectivity index (χ3v) is 6.19. The van der Waals surface area contributed by atoms with Crippen LogP contribution in [0.2, 0.25) is 0 Å². The molecule has 25 heavy (non-hydrogen) atoms. The van der Waals surface area contributed by atoms with E-state index in [0.717, 1.165) is 10.6 Å². The molecule has 1 saturated heterocycles. The maximum Gasteiger partial charge on any atom is 0.243 e. The van der Waals surface area contributed by atoms with E-state index in [4.69, 9.17) is 4.74 Å². The molecule has 3 rings (SSSR count). The Morgan fingerprint density at radius 1 is 1.00 bits per heavy atom.